The topological polar surface area (TPSA) is 38.7 Å². The van der Waals surface area contributed by atoms with Gasteiger partial charge >= 0.3 is 0 Å². The highest BCUT2D eigenvalue weighted by Crippen LogP contribution is 2.46. The third kappa shape index (κ3) is 2.85. The number of aliphatic hydroxyl groups is 1. The van der Waals surface area contributed by atoms with Crippen LogP contribution in [0.5, 0.6) is 5.75 Å². The van der Waals surface area contributed by atoms with Crippen LogP contribution in [0.2, 0.25) is 0 Å². The molecular formula is C15H22O3. The van der Waals surface area contributed by atoms with E-state index in [9.17, 15) is 5.11 Å². The molecule has 0 amide bonds. The Balaban J connectivity index is 2.16. The molecule has 0 radical (unpaired) electrons. The molecule has 1 N–H and O–H groups in total. The van der Waals surface area contributed by atoms with Gasteiger partial charge in [-0.05, 0) is 50.3 Å². The SMILES string of the molecule is COCC(O)(c1ccc(OC(C)C)cc1)C1CC1. The van der Waals surface area contributed by atoms with E-state index in [2.05, 4.69) is 0 Å². The molecule has 1 aliphatic rings. The molecule has 1 saturated carbocycles. The lowest BCUT2D eigenvalue weighted by atomic mass is 9.89. The number of hydrogen-bond donors (Lipinski definition) is 1. The van der Waals surface area contributed by atoms with Crippen molar-refractivity contribution in [2.45, 2.75) is 38.4 Å². The summed E-state index contributed by atoms with van der Waals surface area (Å²) in [6.07, 6.45) is 2.31. The van der Waals surface area contributed by atoms with Crippen LogP contribution in [-0.4, -0.2) is 24.9 Å². The van der Waals surface area contributed by atoms with Crippen LogP contribution in [0, 0.1) is 5.92 Å². The molecule has 0 saturated heterocycles. The molecule has 0 heterocycles. The second-order valence-corrected chi connectivity index (χ2v) is 5.32. The molecule has 1 atom stereocenters. The van der Waals surface area contributed by atoms with Crippen LogP contribution in [0.15, 0.2) is 24.3 Å². The van der Waals surface area contributed by atoms with Crippen molar-refractivity contribution in [3.05, 3.63) is 29.8 Å². The maximum Gasteiger partial charge on any atom is 0.119 e. The molecule has 1 aliphatic carbocycles. The number of methoxy groups -OCH3 is 1. The molecule has 18 heavy (non-hydrogen) atoms. The second-order valence-electron chi connectivity index (χ2n) is 5.32. The Morgan fingerprint density at radius 3 is 2.33 bits per heavy atom. The minimum absolute atomic E-state index is 0.164. The van der Waals surface area contributed by atoms with Gasteiger partial charge in [0.1, 0.15) is 11.4 Å². The molecule has 0 aliphatic heterocycles. The van der Waals surface area contributed by atoms with Gasteiger partial charge in [0.2, 0.25) is 0 Å². The molecule has 0 aromatic heterocycles. The first-order valence-electron chi connectivity index (χ1n) is 6.55. The summed E-state index contributed by atoms with van der Waals surface area (Å²) in [7, 11) is 1.63. The number of benzene rings is 1. The van der Waals surface area contributed by atoms with Crippen molar-refractivity contribution in [1.29, 1.82) is 0 Å². The highest BCUT2D eigenvalue weighted by Gasteiger charge is 2.45. The fourth-order valence-corrected chi connectivity index (χ4v) is 2.31. The van der Waals surface area contributed by atoms with Gasteiger partial charge in [-0.15, -0.1) is 0 Å². The minimum Gasteiger partial charge on any atom is -0.491 e. The average Bonchev–Trinajstić information content (AvgIpc) is 3.13. The van der Waals surface area contributed by atoms with Crippen molar-refractivity contribution >= 4 is 0 Å². The van der Waals surface area contributed by atoms with Gasteiger partial charge in [-0.25, -0.2) is 0 Å². The zero-order valence-electron chi connectivity index (χ0n) is 11.3. The highest BCUT2D eigenvalue weighted by molar-refractivity contribution is 5.32. The van der Waals surface area contributed by atoms with Crippen molar-refractivity contribution < 1.29 is 14.6 Å². The molecule has 0 bridgehead atoms. The summed E-state index contributed by atoms with van der Waals surface area (Å²) >= 11 is 0. The lowest BCUT2D eigenvalue weighted by Crippen LogP contribution is -2.33. The van der Waals surface area contributed by atoms with Crippen LogP contribution in [0.1, 0.15) is 32.3 Å². The minimum atomic E-state index is -0.842. The van der Waals surface area contributed by atoms with Gasteiger partial charge in [0.05, 0.1) is 12.7 Å². The molecule has 0 spiro atoms. The van der Waals surface area contributed by atoms with Crippen LogP contribution in [0.25, 0.3) is 0 Å². The number of hydrogen-bond acceptors (Lipinski definition) is 3. The second kappa shape index (κ2) is 5.29. The third-order valence-electron chi connectivity index (χ3n) is 3.34. The largest absolute Gasteiger partial charge is 0.491 e. The molecule has 100 valence electrons. The molecule has 1 fully saturated rings. The lowest BCUT2D eigenvalue weighted by molar-refractivity contribution is -0.0532. The molecule has 1 aromatic rings. The molecule has 2 rings (SSSR count). The van der Waals surface area contributed by atoms with E-state index in [1.807, 2.05) is 38.1 Å². The number of ether oxygens (including phenoxy) is 2. The van der Waals surface area contributed by atoms with Gasteiger partial charge in [0, 0.05) is 7.11 Å². The fourth-order valence-electron chi connectivity index (χ4n) is 2.31. The van der Waals surface area contributed by atoms with Crippen LogP contribution in [-0.2, 0) is 10.3 Å². The van der Waals surface area contributed by atoms with E-state index in [0.717, 1.165) is 24.2 Å². The Morgan fingerprint density at radius 1 is 1.28 bits per heavy atom. The third-order valence-corrected chi connectivity index (χ3v) is 3.34. The van der Waals surface area contributed by atoms with Crippen LogP contribution >= 0.6 is 0 Å². The quantitative estimate of drug-likeness (QED) is 0.843. The van der Waals surface area contributed by atoms with E-state index in [1.165, 1.54) is 0 Å². The van der Waals surface area contributed by atoms with Gasteiger partial charge in [0.15, 0.2) is 0 Å². The summed E-state index contributed by atoms with van der Waals surface area (Å²) in [6.45, 7) is 4.35. The summed E-state index contributed by atoms with van der Waals surface area (Å²) < 4.78 is 10.8. The van der Waals surface area contributed by atoms with E-state index in [1.54, 1.807) is 7.11 Å². The number of rotatable bonds is 6. The van der Waals surface area contributed by atoms with Crippen LogP contribution in [0.3, 0.4) is 0 Å². The molecule has 1 aromatic carbocycles. The van der Waals surface area contributed by atoms with Crippen molar-refractivity contribution in [3.8, 4) is 5.75 Å². The maximum atomic E-state index is 10.7. The van der Waals surface area contributed by atoms with E-state index >= 15 is 0 Å². The normalized spacial score (nSPS) is 18.7. The van der Waals surface area contributed by atoms with Crippen molar-refractivity contribution in [3.63, 3.8) is 0 Å². The Labute approximate surface area is 109 Å². The zero-order chi connectivity index (χ0) is 13.2. The smallest absolute Gasteiger partial charge is 0.119 e. The Bertz CT molecular complexity index is 381. The summed E-state index contributed by atoms with van der Waals surface area (Å²) in [5.74, 6) is 1.17. The van der Waals surface area contributed by atoms with Crippen molar-refractivity contribution in [2.24, 2.45) is 5.92 Å². The first-order chi connectivity index (χ1) is 8.56. The molecule has 3 heteroatoms. The monoisotopic (exact) mass is 250 g/mol. The molecular weight excluding hydrogens is 228 g/mol. The van der Waals surface area contributed by atoms with E-state index in [-0.39, 0.29) is 6.10 Å². The first-order valence-corrected chi connectivity index (χ1v) is 6.55. The standard InChI is InChI=1S/C15H22O3/c1-11(2)18-14-8-6-13(7-9-14)15(16,10-17-3)12-4-5-12/h6-9,11-12,16H,4-5,10H2,1-3H3. The maximum absolute atomic E-state index is 10.7. The van der Waals surface area contributed by atoms with Crippen LogP contribution < -0.4 is 4.74 Å². The predicted octanol–water partition coefficient (Wildman–Crippen LogP) is 2.72. The molecule has 1 unspecified atom stereocenters. The Hall–Kier alpha value is -1.06. The summed E-state index contributed by atoms with van der Waals surface area (Å²) in [5.41, 5.74) is 0.0773. The van der Waals surface area contributed by atoms with Gasteiger partial charge in [-0.3, -0.25) is 0 Å². The van der Waals surface area contributed by atoms with Crippen molar-refractivity contribution in [1.82, 2.24) is 0 Å². The van der Waals surface area contributed by atoms with E-state index < -0.39 is 5.60 Å². The molecule has 3 nitrogen and oxygen atoms in total. The highest BCUT2D eigenvalue weighted by atomic mass is 16.5. The Kier molecular flexibility index (Phi) is 3.93. The van der Waals surface area contributed by atoms with Gasteiger partial charge in [0.25, 0.3) is 0 Å². The summed E-state index contributed by atoms with van der Waals surface area (Å²) in [6, 6.07) is 7.71. The van der Waals surface area contributed by atoms with Crippen molar-refractivity contribution in [2.75, 3.05) is 13.7 Å². The van der Waals surface area contributed by atoms with Gasteiger partial charge in [-0.2, -0.15) is 0 Å². The van der Waals surface area contributed by atoms with Gasteiger partial charge < -0.3 is 14.6 Å². The predicted molar refractivity (Wildman–Crippen MR) is 70.7 cm³/mol. The van der Waals surface area contributed by atoms with Gasteiger partial charge in [-0.1, -0.05) is 12.1 Å². The zero-order valence-corrected chi connectivity index (χ0v) is 11.3. The summed E-state index contributed by atoms with van der Waals surface area (Å²) in [4.78, 5) is 0. The first kappa shape index (κ1) is 13.4. The van der Waals surface area contributed by atoms with Crippen LogP contribution in [0.4, 0.5) is 0 Å². The summed E-state index contributed by atoms with van der Waals surface area (Å²) in [5, 5.41) is 10.7. The van der Waals surface area contributed by atoms with E-state index in [0.29, 0.717) is 12.5 Å². The van der Waals surface area contributed by atoms with E-state index in [4.69, 9.17) is 9.47 Å². The average molecular weight is 250 g/mol. The fraction of sp³-hybridized carbons (Fsp3) is 0.600. The Morgan fingerprint density at radius 2 is 1.89 bits per heavy atom. The lowest BCUT2D eigenvalue weighted by Gasteiger charge is -2.28.